The van der Waals surface area contributed by atoms with E-state index in [4.69, 9.17) is 14.9 Å². The summed E-state index contributed by atoms with van der Waals surface area (Å²) >= 11 is 0. The highest BCUT2D eigenvalue weighted by Crippen LogP contribution is 2.16. The van der Waals surface area contributed by atoms with Gasteiger partial charge in [0.25, 0.3) is 0 Å². The summed E-state index contributed by atoms with van der Waals surface area (Å²) in [5.74, 6) is 1.24. The van der Waals surface area contributed by atoms with Crippen LogP contribution in [0.5, 0.6) is 17.2 Å². The normalized spacial score (nSPS) is 9.06. The summed E-state index contributed by atoms with van der Waals surface area (Å²) < 4.78 is 4.84. The zero-order valence-electron chi connectivity index (χ0n) is 9.92. The summed E-state index contributed by atoms with van der Waals surface area (Å²) in [5, 5.41) is 17.6. The molecule has 0 saturated carbocycles. The van der Waals surface area contributed by atoms with Gasteiger partial charge in [0.05, 0.1) is 7.11 Å². The highest BCUT2D eigenvalue weighted by molar-refractivity contribution is 5.31. The molecule has 2 rings (SSSR count). The molecular formula is C14H16O3. The first kappa shape index (κ1) is 12.9. The van der Waals surface area contributed by atoms with Crippen molar-refractivity contribution in [3.63, 3.8) is 0 Å². The van der Waals surface area contributed by atoms with E-state index in [1.807, 2.05) is 19.1 Å². The van der Waals surface area contributed by atoms with E-state index < -0.39 is 0 Å². The van der Waals surface area contributed by atoms with Crippen LogP contribution < -0.4 is 4.74 Å². The molecule has 0 aliphatic heterocycles. The van der Waals surface area contributed by atoms with Gasteiger partial charge in [-0.2, -0.15) is 0 Å². The summed E-state index contributed by atoms with van der Waals surface area (Å²) in [6.07, 6.45) is 0. The molecule has 0 spiro atoms. The summed E-state index contributed by atoms with van der Waals surface area (Å²) in [5.41, 5.74) is 1.17. The number of aromatic hydroxyl groups is 2. The minimum absolute atomic E-state index is 0.231. The molecule has 0 aromatic heterocycles. The lowest BCUT2D eigenvalue weighted by molar-refractivity contribution is 0.407. The van der Waals surface area contributed by atoms with Crippen molar-refractivity contribution in [1.29, 1.82) is 0 Å². The second kappa shape index (κ2) is 6.43. The van der Waals surface area contributed by atoms with E-state index in [0.717, 1.165) is 0 Å². The standard InChI is InChI=1S/C7H8O2.C7H8O/c1-9-7-4-2-3-6(8)5-7;1-6-2-4-7(8)5-3-6/h2-5,8H,1H3;2-5,8H,1H3. The van der Waals surface area contributed by atoms with E-state index in [1.54, 1.807) is 43.5 Å². The number of rotatable bonds is 1. The maximum Gasteiger partial charge on any atom is 0.122 e. The van der Waals surface area contributed by atoms with Gasteiger partial charge in [0.2, 0.25) is 0 Å². The Hall–Kier alpha value is -2.16. The molecule has 2 aromatic carbocycles. The lowest BCUT2D eigenvalue weighted by Gasteiger charge is -1.97. The molecule has 2 aromatic rings. The molecule has 3 heteroatoms. The number of hydrogen-bond acceptors (Lipinski definition) is 3. The molecule has 17 heavy (non-hydrogen) atoms. The Morgan fingerprint density at radius 1 is 0.882 bits per heavy atom. The van der Waals surface area contributed by atoms with Crippen molar-refractivity contribution in [3.05, 3.63) is 54.1 Å². The van der Waals surface area contributed by atoms with Crippen LogP contribution in [0.25, 0.3) is 0 Å². The molecule has 0 atom stereocenters. The second-order valence-electron chi connectivity index (χ2n) is 3.54. The molecule has 0 radical (unpaired) electrons. The van der Waals surface area contributed by atoms with Gasteiger partial charge in [-0.1, -0.05) is 23.8 Å². The number of hydrogen-bond donors (Lipinski definition) is 2. The van der Waals surface area contributed by atoms with Gasteiger partial charge in [-0.15, -0.1) is 0 Å². The summed E-state index contributed by atoms with van der Waals surface area (Å²) in [6.45, 7) is 1.99. The van der Waals surface area contributed by atoms with E-state index in [2.05, 4.69) is 0 Å². The number of ether oxygens (including phenoxy) is 1. The van der Waals surface area contributed by atoms with Crippen LogP contribution in [0.15, 0.2) is 48.5 Å². The summed E-state index contributed by atoms with van der Waals surface area (Å²) in [7, 11) is 1.56. The van der Waals surface area contributed by atoms with Crippen LogP contribution in [0.4, 0.5) is 0 Å². The third-order valence-corrected chi connectivity index (χ3v) is 2.09. The van der Waals surface area contributed by atoms with Crippen LogP contribution in [0.2, 0.25) is 0 Å². The first-order valence-electron chi connectivity index (χ1n) is 5.20. The fraction of sp³-hybridized carbons (Fsp3) is 0.143. The van der Waals surface area contributed by atoms with E-state index in [0.29, 0.717) is 11.5 Å². The number of aryl methyl sites for hydroxylation is 1. The van der Waals surface area contributed by atoms with Crippen molar-refractivity contribution in [3.8, 4) is 17.2 Å². The largest absolute Gasteiger partial charge is 0.508 e. The fourth-order valence-electron chi connectivity index (χ4n) is 1.16. The predicted octanol–water partition coefficient (Wildman–Crippen LogP) is 3.10. The van der Waals surface area contributed by atoms with Gasteiger partial charge in [-0.25, -0.2) is 0 Å². The van der Waals surface area contributed by atoms with Crippen molar-refractivity contribution in [2.75, 3.05) is 7.11 Å². The van der Waals surface area contributed by atoms with E-state index >= 15 is 0 Å². The van der Waals surface area contributed by atoms with Crippen molar-refractivity contribution < 1.29 is 14.9 Å². The van der Waals surface area contributed by atoms with Crippen LogP contribution in [0.1, 0.15) is 5.56 Å². The maximum atomic E-state index is 8.86. The number of phenolic OH excluding ortho intramolecular Hbond substituents is 2. The van der Waals surface area contributed by atoms with Crippen molar-refractivity contribution in [2.45, 2.75) is 6.92 Å². The van der Waals surface area contributed by atoms with Gasteiger partial charge in [0.1, 0.15) is 17.2 Å². The Kier molecular flexibility index (Phi) is 4.88. The predicted molar refractivity (Wildman–Crippen MR) is 67.5 cm³/mol. The topological polar surface area (TPSA) is 49.7 Å². The Morgan fingerprint density at radius 2 is 1.53 bits per heavy atom. The SMILES string of the molecule is COc1cccc(O)c1.Cc1ccc(O)cc1. The monoisotopic (exact) mass is 232 g/mol. The van der Waals surface area contributed by atoms with Gasteiger partial charge in [-0.05, 0) is 31.2 Å². The van der Waals surface area contributed by atoms with Gasteiger partial charge in [0.15, 0.2) is 0 Å². The molecule has 0 amide bonds. The molecule has 0 unspecified atom stereocenters. The Bertz CT molecular complexity index is 428. The number of phenols is 2. The molecule has 2 N–H and O–H groups in total. The Balaban J connectivity index is 0.000000171. The average Bonchev–Trinajstić information content (AvgIpc) is 2.34. The van der Waals surface area contributed by atoms with Crippen molar-refractivity contribution in [2.24, 2.45) is 0 Å². The fourth-order valence-corrected chi connectivity index (χ4v) is 1.16. The third-order valence-electron chi connectivity index (χ3n) is 2.09. The third kappa shape index (κ3) is 4.93. The molecule has 0 aliphatic carbocycles. The number of methoxy groups -OCH3 is 1. The molecule has 0 heterocycles. The van der Waals surface area contributed by atoms with E-state index in [9.17, 15) is 0 Å². The first-order chi connectivity index (χ1) is 8.11. The quantitative estimate of drug-likeness (QED) is 0.794. The Labute approximate surface area is 101 Å². The van der Waals surface area contributed by atoms with Gasteiger partial charge in [-0.3, -0.25) is 0 Å². The lowest BCUT2D eigenvalue weighted by atomic mass is 10.2. The zero-order valence-corrected chi connectivity index (χ0v) is 9.92. The second-order valence-corrected chi connectivity index (χ2v) is 3.54. The van der Waals surface area contributed by atoms with Crippen molar-refractivity contribution >= 4 is 0 Å². The van der Waals surface area contributed by atoms with Crippen LogP contribution >= 0.6 is 0 Å². The molecule has 0 saturated heterocycles. The maximum absolute atomic E-state index is 8.86. The molecule has 0 aliphatic rings. The molecule has 90 valence electrons. The first-order valence-corrected chi connectivity index (χ1v) is 5.20. The minimum Gasteiger partial charge on any atom is -0.508 e. The molecule has 3 nitrogen and oxygen atoms in total. The minimum atomic E-state index is 0.231. The summed E-state index contributed by atoms with van der Waals surface area (Å²) in [6, 6.07) is 13.8. The van der Waals surface area contributed by atoms with Gasteiger partial charge in [0, 0.05) is 6.07 Å². The van der Waals surface area contributed by atoms with Crippen LogP contribution in [0.3, 0.4) is 0 Å². The lowest BCUT2D eigenvalue weighted by Crippen LogP contribution is -1.79. The van der Waals surface area contributed by atoms with E-state index in [1.165, 1.54) is 5.56 Å². The molecule has 0 bridgehead atoms. The Morgan fingerprint density at radius 3 is 1.94 bits per heavy atom. The molecule has 0 fully saturated rings. The molecular weight excluding hydrogens is 216 g/mol. The van der Waals surface area contributed by atoms with Crippen molar-refractivity contribution in [1.82, 2.24) is 0 Å². The van der Waals surface area contributed by atoms with Gasteiger partial charge >= 0.3 is 0 Å². The van der Waals surface area contributed by atoms with Crippen LogP contribution in [0, 0.1) is 6.92 Å². The van der Waals surface area contributed by atoms with E-state index in [-0.39, 0.29) is 5.75 Å². The highest BCUT2D eigenvalue weighted by atomic mass is 16.5. The summed E-state index contributed by atoms with van der Waals surface area (Å²) in [4.78, 5) is 0. The number of benzene rings is 2. The average molecular weight is 232 g/mol. The van der Waals surface area contributed by atoms with Gasteiger partial charge < -0.3 is 14.9 Å². The smallest absolute Gasteiger partial charge is 0.122 e. The van der Waals surface area contributed by atoms with Crippen LogP contribution in [-0.4, -0.2) is 17.3 Å². The van der Waals surface area contributed by atoms with Crippen LogP contribution in [-0.2, 0) is 0 Å². The zero-order chi connectivity index (χ0) is 12.7. The highest BCUT2D eigenvalue weighted by Gasteiger charge is 1.88.